The first-order valence-corrected chi connectivity index (χ1v) is 5.71. The molecule has 0 unspecified atom stereocenters. The van der Waals surface area contributed by atoms with Crippen molar-refractivity contribution in [3.8, 4) is 0 Å². The van der Waals surface area contributed by atoms with Crippen molar-refractivity contribution in [3.63, 3.8) is 0 Å². The molecule has 0 aliphatic heterocycles. The minimum atomic E-state index is -4.17. The van der Waals surface area contributed by atoms with Gasteiger partial charge in [-0.2, -0.15) is 13.8 Å². The first kappa shape index (κ1) is 15.8. The molecule has 0 atom stereocenters. The number of halogens is 4. The largest absolute Gasteiger partial charge is 0.367 e. The number of aromatic nitrogens is 2. The molecule has 0 saturated heterocycles. The maximum atomic E-state index is 12.5. The van der Waals surface area contributed by atoms with Gasteiger partial charge in [-0.3, -0.25) is 0 Å². The van der Waals surface area contributed by atoms with Crippen LogP contribution < -0.4 is 5.32 Å². The summed E-state index contributed by atoms with van der Waals surface area (Å²) in [4.78, 5) is 3.85. The van der Waals surface area contributed by atoms with Crippen LogP contribution in [0.3, 0.4) is 0 Å². The fourth-order valence-electron chi connectivity index (χ4n) is 1.13. The molecule has 0 aromatic carbocycles. The average Bonchev–Trinajstić information content (AvgIpc) is 2.77. The van der Waals surface area contributed by atoms with Crippen molar-refractivity contribution in [1.82, 2.24) is 15.5 Å². The summed E-state index contributed by atoms with van der Waals surface area (Å²) in [6.07, 6.45) is -2.82. The van der Waals surface area contributed by atoms with Crippen LogP contribution in [0.25, 0.3) is 0 Å². The zero-order valence-corrected chi connectivity index (χ0v) is 10.3. The van der Waals surface area contributed by atoms with Crippen LogP contribution in [0.4, 0.5) is 17.6 Å². The smallest absolute Gasteiger partial charge is 0.330 e. The van der Waals surface area contributed by atoms with E-state index in [-0.39, 0.29) is 11.7 Å². The van der Waals surface area contributed by atoms with E-state index in [0.29, 0.717) is 6.54 Å². The van der Waals surface area contributed by atoms with Crippen molar-refractivity contribution in [3.05, 3.63) is 11.7 Å². The number of rotatable bonds is 9. The second-order valence-corrected chi connectivity index (χ2v) is 3.84. The summed E-state index contributed by atoms with van der Waals surface area (Å²) in [6, 6.07) is 0. The van der Waals surface area contributed by atoms with E-state index in [4.69, 9.17) is 4.52 Å². The third-order valence-electron chi connectivity index (χ3n) is 2.06. The Kier molecular flexibility index (Phi) is 6.16. The zero-order chi connectivity index (χ0) is 14.3. The number of hydrogen-bond acceptors (Lipinski definition) is 5. The second-order valence-electron chi connectivity index (χ2n) is 3.84. The minimum absolute atomic E-state index is 0.0402. The number of alkyl halides is 4. The summed E-state index contributed by atoms with van der Waals surface area (Å²) in [5, 5.41) is 6.48. The normalized spacial score (nSPS) is 12.3. The lowest BCUT2D eigenvalue weighted by molar-refractivity contribution is -0.168. The van der Waals surface area contributed by atoms with Gasteiger partial charge in [0.25, 0.3) is 0 Å². The van der Waals surface area contributed by atoms with E-state index in [1.807, 2.05) is 6.92 Å². The van der Waals surface area contributed by atoms with E-state index in [0.717, 1.165) is 13.0 Å². The molecular formula is C10H15F4N3O2. The summed E-state index contributed by atoms with van der Waals surface area (Å²) < 4.78 is 57.9. The molecule has 110 valence electrons. The monoisotopic (exact) mass is 285 g/mol. The number of ether oxygens (including phenoxy) is 1. The fraction of sp³-hybridized carbons (Fsp3) is 0.800. The highest BCUT2D eigenvalue weighted by atomic mass is 19.3. The Bertz CT molecular complexity index is 373. The van der Waals surface area contributed by atoms with E-state index in [9.17, 15) is 17.6 Å². The summed E-state index contributed by atoms with van der Waals surface area (Å²) in [5.74, 6) is -3.85. The zero-order valence-electron chi connectivity index (χ0n) is 10.3. The average molecular weight is 285 g/mol. The first-order valence-electron chi connectivity index (χ1n) is 5.71. The summed E-state index contributed by atoms with van der Waals surface area (Å²) in [7, 11) is 0. The van der Waals surface area contributed by atoms with Gasteiger partial charge < -0.3 is 14.6 Å². The molecule has 1 aromatic rings. The van der Waals surface area contributed by atoms with Gasteiger partial charge in [0.1, 0.15) is 13.2 Å². The van der Waals surface area contributed by atoms with Gasteiger partial charge in [0.15, 0.2) is 5.82 Å². The van der Waals surface area contributed by atoms with Gasteiger partial charge in [0.05, 0.1) is 6.54 Å². The van der Waals surface area contributed by atoms with Crippen molar-refractivity contribution in [1.29, 1.82) is 0 Å². The third kappa shape index (κ3) is 5.52. The molecule has 19 heavy (non-hydrogen) atoms. The molecule has 0 aliphatic carbocycles. The van der Waals surface area contributed by atoms with E-state index >= 15 is 0 Å². The standard InChI is InChI=1S/C10H15F4N3O2/c1-2-3-15-4-8-16-7(17-19-8)5-18-6-10(13,14)9(11)12/h9,15H,2-6H2,1H3. The third-order valence-corrected chi connectivity index (χ3v) is 2.06. The Balaban J connectivity index is 2.30. The molecule has 0 bridgehead atoms. The molecule has 1 aromatic heterocycles. The maximum Gasteiger partial charge on any atom is 0.330 e. The number of hydrogen-bond donors (Lipinski definition) is 1. The SMILES string of the molecule is CCCNCc1nc(COCC(F)(F)C(F)F)no1. The lowest BCUT2D eigenvalue weighted by atomic mass is 10.4. The molecule has 0 saturated carbocycles. The lowest BCUT2D eigenvalue weighted by Crippen LogP contribution is -2.32. The molecule has 9 heteroatoms. The Morgan fingerprint density at radius 1 is 1.42 bits per heavy atom. The van der Waals surface area contributed by atoms with Crippen molar-refractivity contribution >= 4 is 0 Å². The summed E-state index contributed by atoms with van der Waals surface area (Å²) in [6.45, 7) is 1.33. The van der Waals surface area contributed by atoms with Crippen LogP contribution in [0.15, 0.2) is 4.52 Å². The van der Waals surface area contributed by atoms with E-state index in [1.165, 1.54) is 0 Å². The summed E-state index contributed by atoms with van der Waals surface area (Å²) in [5.41, 5.74) is 0. The number of nitrogens with zero attached hydrogens (tertiary/aromatic N) is 2. The van der Waals surface area contributed by atoms with Gasteiger partial charge in [0.2, 0.25) is 5.89 Å². The van der Waals surface area contributed by atoms with Gasteiger partial charge in [-0.1, -0.05) is 12.1 Å². The van der Waals surface area contributed by atoms with Crippen molar-refractivity contribution in [2.75, 3.05) is 13.2 Å². The highest BCUT2D eigenvalue weighted by molar-refractivity contribution is 4.84. The predicted octanol–water partition coefficient (Wildman–Crippen LogP) is 1.99. The topological polar surface area (TPSA) is 60.2 Å². The Labute approximate surface area is 107 Å². The van der Waals surface area contributed by atoms with E-state index < -0.39 is 25.6 Å². The minimum Gasteiger partial charge on any atom is -0.367 e. The Morgan fingerprint density at radius 3 is 2.79 bits per heavy atom. The Hall–Kier alpha value is -1.22. The van der Waals surface area contributed by atoms with Gasteiger partial charge in [-0.05, 0) is 13.0 Å². The van der Waals surface area contributed by atoms with Crippen molar-refractivity contribution in [2.24, 2.45) is 0 Å². The molecule has 0 aliphatic rings. The lowest BCUT2D eigenvalue weighted by Gasteiger charge is -2.14. The first-order chi connectivity index (χ1) is 8.95. The Morgan fingerprint density at radius 2 is 2.16 bits per heavy atom. The van der Waals surface area contributed by atoms with Gasteiger partial charge >= 0.3 is 12.3 Å². The molecule has 1 heterocycles. The molecule has 0 radical (unpaired) electrons. The molecule has 0 amide bonds. The summed E-state index contributed by atoms with van der Waals surface area (Å²) >= 11 is 0. The molecular weight excluding hydrogens is 270 g/mol. The maximum absolute atomic E-state index is 12.5. The van der Waals surface area contributed by atoms with Crippen LogP contribution in [0.5, 0.6) is 0 Å². The molecule has 5 nitrogen and oxygen atoms in total. The van der Waals surface area contributed by atoms with E-state index in [2.05, 4.69) is 20.2 Å². The van der Waals surface area contributed by atoms with Crippen molar-refractivity contribution in [2.45, 2.75) is 38.8 Å². The van der Waals surface area contributed by atoms with Crippen LogP contribution >= 0.6 is 0 Å². The molecule has 1 rings (SSSR count). The highest BCUT2D eigenvalue weighted by Crippen LogP contribution is 2.23. The fourth-order valence-corrected chi connectivity index (χ4v) is 1.13. The van der Waals surface area contributed by atoms with Gasteiger partial charge in [0, 0.05) is 0 Å². The molecule has 0 fully saturated rings. The van der Waals surface area contributed by atoms with Gasteiger partial charge in [-0.25, -0.2) is 8.78 Å². The van der Waals surface area contributed by atoms with Crippen LogP contribution in [-0.4, -0.2) is 35.6 Å². The number of nitrogens with one attached hydrogen (secondary N) is 1. The quantitative estimate of drug-likeness (QED) is 0.555. The van der Waals surface area contributed by atoms with Crippen LogP contribution in [0, 0.1) is 0 Å². The van der Waals surface area contributed by atoms with Crippen molar-refractivity contribution < 1.29 is 26.8 Å². The molecule has 0 spiro atoms. The second kappa shape index (κ2) is 7.39. The van der Waals surface area contributed by atoms with Gasteiger partial charge in [-0.15, -0.1) is 0 Å². The van der Waals surface area contributed by atoms with Crippen LogP contribution in [-0.2, 0) is 17.9 Å². The highest BCUT2D eigenvalue weighted by Gasteiger charge is 2.41. The van der Waals surface area contributed by atoms with E-state index in [1.54, 1.807) is 0 Å². The molecule has 1 N–H and O–H groups in total. The van der Waals surface area contributed by atoms with Crippen LogP contribution in [0.1, 0.15) is 25.1 Å². The predicted molar refractivity (Wildman–Crippen MR) is 56.9 cm³/mol. The van der Waals surface area contributed by atoms with Crippen LogP contribution in [0.2, 0.25) is 0 Å².